The fraction of sp³-hybridized carbons (Fsp3) is 0.154. The van der Waals surface area contributed by atoms with Gasteiger partial charge in [-0.25, -0.2) is 4.79 Å². The monoisotopic (exact) mass is 460 g/mol. The number of fused-ring (bicyclic) bond motifs is 1. The smallest absolute Gasteiger partial charge is 0.349 e. The van der Waals surface area contributed by atoms with Gasteiger partial charge in [0, 0.05) is 16.7 Å². The number of rotatable bonds is 5. The molecule has 1 atom stereocenters. The van der Waals surface area contributed by atoms with Crippen LogP contribution >= 0.6 is 11.6 Å². The second-order valence-corrected chi connectivity index (χ2v) is 8.04. The molecule has 0 aliphatic carbocycles. The average molecular weight is 461 g/mol. The number of nitrogens with zero attached hydrogens (tertiary/aromatic N) is 1. The summed E-state index contributed by atoms with van der Waals surface area (Å²) in [7, 11) is 0. The van der Waals surface area contributed by atoms with E-state index < -0.39 is 11.9 Å². The van der Waals surface area contributed by atoms with Crippen LogP contribution in [0.25, 0.3) is 0 Å². The van der Waals surface area contributed by atoms with E-state index in [4.69, 9.17) is 31.5 Å². The largest absolute Gasteiger partial charge is 0.481 e. The predicted octanol–water partition coefficient (Wildman–Crippen LogP) is 5.16. The van der Waals surface area contributed by atoms with E-state index in [1.165, 1.54) is 0 Å². The standard InChI is InChI=1S/C26H21ClN2O4/c1-15-6-5-7-16(2)25(15)31-14-23(30)32-17-10-11-19-22(12-17)33-26(29)20(13-28)24(19)18-8-3-4-9-21(18)27/h3-12,24H,14,29H2,1-2H3. The number of nitrogens with two attached hydrogens (primary N) is 1. The third-order valence-electron chi connectivity index (χ3n) is 5.38. The van der Waals surface area contributed by atoms with Crippen LogP contribution in [0, 0.1) is 25.2 Å². The molecule has 0 saturated carbocycles. The zero-order chi connectivity index (χ0) is 23.5. The normalized spacial score (nSPS) is 14.7. The summed E-state index contributed by atoms with van der Waals surface area (Å²) in [5.74, 6) is 0.249. The molecule has 0 bridgehead atoms. The number of esters is 1. The van der Waals surface area contributed by atoms with Crippen LogP contribution < -0.4 is 19.9 Å². The molecular formula is C26H21ClN2O4. The Morgan fingerprint density at radius 3 is 2.52 bits per heavy atom. The van der Waals surface area contributed by atoms with Crippen molar-refractivity contribution in [3.05, 3.63) is 99.4 Å². The summed E-state index contributed by atoms with van der Waals surface area (Å²) in [6.07, 6.45) is 0. The molecule has 166 valence electrons. The molecule has 33 heavy (non-hydrogen) atoms. The van der Waals surface area contributed by atoms with Crippen LogP contribution in [-0.2, 0) is 4.79 Å². The first kappa shape index (κ1) is 22.3. The summed E-state index contributed by atoms with van der Waals surface area (Å²) in [4.78, 5) is 12.4. The van der Waals surface area contributed by atoms with Crippen molar-refractivity contribution in [2.75, 3.05) is 6.61 Å². The summed E-state index contributed by atoms with van der Waals surface area (Å²) in [5.41, 5.74) is 9.60. The lowest BCUT2D eigenvalue weighted by atomic mass is 9.83. The average Bonchev–Trinajstić information content (AvgIpc) is 2.78. The Hall–Kier alpha value is -3.95. The quantitative estimate of drug-likeness (QED) is 0.417. The summed E-state index contributed by atoms with van der Waals surface area (Å²) in [6.45, 7) is 3.58. The third kappa shape index (κ3) is 4.50. The Kier molecular flexibility index (Phi) is 6.25. The lowest BCUT2D eigenvalue weighted by Crippen LogP contribution is -2.22. The van der Waals surface area contributed by atoms with Crippen molar-refractivity contribution >= 4 is 17.6 Å². The number of halogens is 1. The van der Waals surface area contributed by atoms with Gasteiger partial charge < -0.3 is 19.9 Å². The van der Waals surface area contributed by atoms with Crippen molar-refractivity contribution in [3.8, 4) is 23.3 Å². The molecule has 0 fully saturated rings. The van der Waals surface area contributed by atoms with E-state index in [9.17, 15) is 10.1 Å². The number of hydrogen-bond donors (Lipinski definition) is 1. The molecule has 0 radical (unpaired) electrons. The Balaban J connectivity index is 1.57. The number of benzene rings is 3. The summed E-state index contributed by atoms with van der Waals surface area (Å²) < 4.78 is 16.8. The lowest BCUT2D eigenvalue weighted by molar-refractivity contribution is -0.136. The van der Waals surface area contributed by atoms with E-state index in [0.717, 1.165) is 16.7 Å². The van der Waals surface area contributed by atoms with Gasteiger partial charge in [-0.3, -0.25) is 0 Å². The van der Waals surface area contributed by atoms with Gasteiger partial charge in [0.15, 0.2) is 6.61 Å². The van der Waals surface area contributed by atoms with Gasteiger partial charge in [0.1, 0.15) is 28.9 Å². The van der Waals surface area contributed by atoms with E-state index >= 15 is 0 Å². The van der Waals surface area contributed by atoms with Crippen LogP contribution in [0.3, 0.4) is 0 Å². The first-order valence-corrected chi connectivity index (χ1v) is 10.6. The van der Waals surface area contributed by atoms with Crippen molar-refractivity contribution in [1.29, 1.82) is 5.26 Å². The molecule has 3 aromatic carbocycles. The first-order valence-electron chi connectivity index (χ1n) is 10.2. The molecule has 1 heterocycles. The van der Waals surface area contributed by atoms with Crippen molar-refractivity contribution in [1.82, 2.24) is 0 Å². The molecule has 0 spiro atoms. The van der Waals surface area contributed by atoms with Gasteiger partial charge >= 0.3 is 5.97 Å². The maximum atomic E-state index is 12.4. The van der Waals surface area contributed by atoms with E-state index in [2.05, 4.69) is 6.07 Å². The van der Waals surface area contributed by atoms with E-state index in [1.54, 1.807) is 24.3 Å². The Morgan fingerprint density at radius 1 is 1.09 bits per heavy atom. The van der Waals surface area contributed by atoms with Crippen molar-refractivity contribution < 1.29 is 19.0 Å². The molecule has 1 aliphatic rings. The molecule has 0 aromatic heterocycles. The van der Waals surface area contributed by atoms with Gasteiger partial charge in [0.05, 0.1) is 5.92 Å². The number of hydrogen-bond acceptors (Lipinski definition) is 6. The molecule has 0 amide bonds. The topological polar surface area (TPSA) is 94.6 Å². The van der Waals surface area contributed by atoms with Crippen molar-refractivity contribution in [2.24, 2.45) is 5.73 Å². The number of para-hydroxylation sites is 1. The van der Waals surface area contributed by atoms with E-state index in [1.807, 2.05) is 50.2 Å². The molecule has 2 N–H and O–H groups in total. The van der Waals surface area contributed by atoms with Gasteiger partial charge in [0.25, 0.3) is 0 Å². The molecule has 4 rings (SSSR count). The molecule has 7 heteroatoms. The number of allylic oxidation sites excluding steroid dienone is 1. The summed E-state index contributed by atoms with van der Waals surface area (Å²) >= 11 is 6.40. The molecule has 1 unspecified atom stereocenters. The predicted molar refractivity (Wildman–Crippen MR) is 124 cm³/mol. The zero-order valence-corrected chi connectivity index (χ0v) is 18.8. The van der Waals surface area contributed by atoms with Crippen molar-refractivity contribution in [2.45, 2.75) is 19.8 Å². The third-order valence-corrected chi connectivity index (χ3v) is 5.73. The maximum Gasteiger partial charge on any atom is 0.349 e. The zero-order valence-electron chi connectivity index (χ0n) is 18.1. The van der Waals surface area contributed by atoms with Crippen LogP contribution in [0.2, 0.25) is 5.02 Å². The number of ether oxygens (including phenoxy) is 3. The SMILES string of the molecule is Cc1cccc(C)c1OCC(=O)Oc1ccc2c(c1)OC(N)=C(C#N)C2c1ccccc1Cl. The minimum absolute atomic E-state index is 0.0169. The van der Waals surface area contributed by atoms with Gasteiger partial charge in [-0.15, -0.1) is 0 Å². The fourth-order valence-electron chi connectivity index (χ4n) is 3.85. The van der Waals surface area contributed by atoms with Crippen molar-refractivity contribution in [3.63, 3.8) is 0 Å². The highest BCUT2D eigenvalue weighted by molar-refractivity contribution is 6.31. The summed E-state index contributed by atoms with van der Waals surface area (Å²) in [5, 5.41) is 10.2. The second kappa shape index (κ2) is 9.27. The molecule has 0 saturated heterocycles. The van der Waals surface area contributed by atoms with Gasteiger partial charge in [-0.1, -0.05) is 54.1 Å². The molecule has 1 aliphatic heterocycles. The van der Waals surface area contributed by atoms with Crippen LogP contribution in [0.1, 0.15) is 28.2 Å². The van der Waals surface area contributed by atoms with E-state index in [-0.39, 0.29) is 23.8 Å². The van der Waals surface area contributed by atoms with E-state index in [0.29, 0.717) is 22.1 Å². The number of carbonyl (C=O) groups is 1. The fourth-order valence-corrected chi connectivity index (χ4v) is 4.09. The minimum atomic E-state index is -0.558. The lowest BCUT2D eigenvalue weighted by Gasteiger charge is -2.27. The number of nitriles is 1. The van der Waals surface area contributed by atoms with Gasteiger partial charge in [0.2, 0.25) is 5.88 Å². The van der Waals surface area contributed by atoms with Crippen LogP contribution in [0.5, 0.6) is 17.2 Å². The van der Waals surface area contributed by atoms with Gasteiger partial charge in [-0.05, 0) is 42.7 Å². The highest BCUT2D eigenvalue weighted by atomic mass is 35.5. The van der Waals surface area contributed by atoms with Crippen LogP contribution in [0.4, 0.5) is 0 Å². The Bertz CT molecular complexity index is 1290. The summed E-state index contributed by atoms with van der Waals surface area (Å²) in [6, 6.07) is 20.1. The van der Waals surface area contributed by atoms with Crippen LogP contribution in [0.15, 0.2) is 72.1 Å². The Labute approximate surface area is 196 Å². The maximum absolute atomic E-state index is 12.4. The number of aryl methyl sites for hydroxylation is 2. The molecule has 6 nitrogen and oxygen atoms in total. The minimum Gasteiger partial charge on any atom is -0.481 e. The number of carbonyl (C=O) groups excluding carboxylic acids is 1. The van der Waals surface area contributed by atoms with Crippen LogP contribution in [-0.4, -0.2) is 12.6 Å². The Morgan fingerprint density at radius 2 is 1.82 bits per heavy atom. The second-order valence-electron chi connectivity index (χ2n) is 7.63. The highest BCUT2D eigenvalue weighted by Gasteiger charge is 2.32. The first-order chi connectivity index (χ1) is 15.9. The molecular weight excluding hydrogens is 440 g/mol. The van der Waals surface area contributed by atoms with Gasteiger partial charge in [-0.2, -0.15) is 5.26 Å². The molecule has 3 aromatic rings. The highest BCUT2D eigenvalue weighted by Crippen LogP contribution is 2.45.